The van der Waals surface area contributed by atoms with Crippen LogP contribution in [0, 0.1) is 0 Å². The number of imidazole rings is 2. The van der Waals surface area contributed by atoms with E-state index in [2.05, 4.69) is 47.6 Å². The van der Waals surface area contributed by atoms with Gasteiger partial charge in [0, 0.05) is 0 Å². The van der Waals surface area contributed by atoms with Crippen LogP contribution >= 0.6 is 30.8 Å². The number of nitrogens with two attached hydrogens (primary N) is 2. The molecule has 2 aliphatic heterocycles. The Morgan fingerprint density at radius 3 is 1.40 bits per heavy atom. The molecule has 0 saturated carbocycles. The summed E-state index contributed by atoms with van der Waals surface area (Å²) < 4.78 is 79.0. The van der Waals surface area contributed by atoms with Gasteiger partial charge in [-0.25, -0.2) is 29.9 Å². The predicted molar refractivity (Wildman–Crippen MR) is 161 cm³/mol. The lowest BCUT2D eigenvalue weighted by Crippen LogP contribution is -2.34. The lowest BCUT2D eigenvalue weighted by atomic mass is 10.1. The molecule has 4 unspecified atom stereocenters. The molecule has 2 saturated heterocycles. The lowest BCUT2D eigenvalue weighted by molar-refractivity contribution is -0.235. The van der Waals surface area contributed by atoms with E-state index in [4.69, 9.17) is 20.9 Å². The largest absolute Gasteiger partial charge is 0.778 e. The Kier molecular flexibility index (Phi) is 11.0. The van der Waals surface area contributed by atoms with Gasteiger partial charge in [-0.15, -0.1) is 0 Å². The number of nitrogen functional groups attached to an aromatic ring is 2. The first kappa shape index (κ1) is 39.7. The molecule has 53 heavy (non-hydrogen) atoms. The van der Waals surface area contributed by atoms with E-state index in [-0.39, 0.29) is 34.0 Å². The zero-order valence-electron chi connectivity index (χ0n) is 26.1. The van der Waals surface area contributed by atoms with Gasteiger partial charge in [-0.2, -0.15) is 0 Å². The van der Waals surface area contributed by atoms with Gasteiger partial charge in [0.05, 0.1) is 31.8 Å². The van der Waals surface area contributed by atoms with E-state index >= 15 is 0 Å². The smallest absolute Gasteiger partial charge is 0.272 e. The summed E-state index contributed by atoms with van der Waals surface area (Å²) in [6, 6.07) is 0. The molecule has 6 heterocycles. The van der Waals surface area contributed by atoms with Crippen LogP contribution in [0.1, 0.15) is 12.5 Å². The van der Waals surface area contributed by atoms with Gasteiger partial charge in [-0.3, -0.25) is 26.9 Å². The maximum absolute atomic E-state index is 12.3. The Labute approximate surface area is 294 Å². The topological polar surface area (TPSA) is 436 Å². The van der Waals surface area contributed by atoms with Crippen molar-refractivity contribution in [3.05, 3.63) is 25.3 Å². The highest BCUT2D eigenvalue weighted by Gasteiger charge is 2.46. The fourth-order valence-corrected chi connectivity index (χ4v) is 11.8. The summed E-state index contributed by atoms with van der Waals surface area (Å²) in [6.45, 7) is -2.34. The number of fused-ring (bicyclic) bond motifs is 2. The Morgan fingerprint density at radius 2 is 1.02 bits per heavy atom. The Balaban J connectivity index is 1.01. The Bertz CT molecular complexity index is 2040. The number of anilines is 2. The summed E-state index contributed by atoms with van der Waals surface area (Å²) in [7, 11) is -24.2. The number of phosphoric acid groups is 2. The normalized spacial score (nSPS) is 30.9. The molecule has 2 aliphatic rings. The fraction of sp³-hybridized carbons (Fsp3) is 0.524. The Hall–Kier alpha value is -2.94. The third-order valence-corrected chi connectivity index (χ3v) is 14.9. The van der Waals surface area contributed by atoms with Crippen molar-refractivity contribution in [2.75, 3.05) is 30.6 Å². The van der Waals surface area contributed by atoms with Crippen molar-refractivity contribution in [2.24, 2.45) is 0 Å². The molecule has 0 bridgehead atoms. The molecule has 0 spiro atoms. The number of nitrogens with zero attached hydrogens (tertiary/aromatic N) is 8. The molecule has 12 atom stereocenters. The molecule has 8 N–H and O–H groups in total. The number of hydrogen-bond donors (Lipinski definition) is 6. The van der Waals surface area contributed by atoms with Gasteiger partial charge in [-0.05, 0) is 0 Å². The zero-order chi connectivity index (χ0) is 38.7. The van der Waals surface area contributed by atoms with Crippen LogP contribution in [-0.2, 0) is 45.4 Å². The SMILES string of the molecule is Nc1ncnc2c1ncn2[C@@H]1O[C@H](COP(=O)([O-])OP(=O)([O-])CP(=O)([O-])OP(=O)([O-])OC[C@H]2O[C@@H](n3cnc4c(N)ncnc43)[C@H](O)[C@@H]2O)[C@@H](O)[C@H]1O. The monoisotopic (exact) mass is 830 g/mol. The van der Waals surface area contributed by atoms with Crippen molar-refractivity contribution in [1.29, 1.82) is 0 Å². The van der Waals surface area contributed by atoms with Gasteiger partial charge in [0.1, 0.15) is 60.3 Å². The second-order valence-electron chi connectivity index (χ2n) is 11.3. The average Bonchev–Trinajstić information content (AvgIpc) is 3.80. The standard InChI is InChI=1S/C21H30N10O18P4/c22-16-10-18(26-3-24-16)30(5-28-10)20-14(34)12(32)8(46-20)1-44-52(40,41)48-50(36,37)7-51(38,39)49-53(42,43)45-2-9-13(33)15(35)21(47-9)31-6-29-11-17(23)25-4-27-19(11)31/h3-6,8-9,12-15,20-21,32-35H,1-2,7H2,(H,36,37)(H,38,39)(H,40,41)(H,42,43)(H2,22,24,26)(H2,23,25,27)/p-4/t8-,9-,12-,13-,14-,15-,20-,21-/m1/s1. The van der Waals surface area contributed by atoms with Crippen molar-refractivity contribution in [2.45, 2.75) is 49.1 Å². The molecule has 2 fully saturated rings. The first-order chi connectivity index (χ1) is 24.7. The van der Waals surface area contributed by atoms with Crippen LogP contribution in [0.5, 0.6) is 0 Å². The summed E-state index contributed by atoms with van der Waals surface area (Å²) in [4.78, 5) is 72.6. The second-order valence-corrected chi connectivity index (χ2v) is 18.5. The van der Waals surface area contributed by atoms with E-state index < -0.39 is 99.0 Å². The molecule has 4 aromatic rings. The molecular weight excluding hydrogens is 804 g/mol. The van der Waals surface area contributed by atoms with Crippen molar-refractivity contribution in [3.8, 4) is 0 Å². The van der Waals surface area contributed by atoms with Gasteiger partial charge in [0.15, 0.2) is 50.6 Å². The molecule has 292 valence electrons. The highest BCUT2D eigenvalue weighted by Crippen LogP contribution is 2.65. The molecule has 4 aromatic heterocycles. The van der Waals surface area contributed by atoms with Crippen LogP contribution in [0.2, 0.25) is 0 Å². The van der Waals surface area contributed by atoms with E-state index in [1.54, 1.807) is 0 Å². The molecule has 0 radical (unpaired) electrons. The number of rotatable bonds is 14. The summed E-state index contributed by atoms with van der Waals surface area (Å²) in [5, 5.41) is 41.7. The van der Waals surface area contributed by atoms with Crippen molar-refractivity contribution in [3.63, 3.8) is 0 Å². The molecule has 0 amide bonds. The van der Waals surface area contributed by atoms with Gasteiger partial charge in [0.25, 0.3) is 15.6 Å². The van der Waals surface area contributed by atoms with E-state index in [9.17, 15) is 58.3 Å². The van der Waals surface area contributed by atoms with Crippen LogP contribution in [0.4, 0.5) is 11.6 Å². The number of hydrogen-bond acceptors (Lipinski definition) is 26. The Morgan fingerprint density at radius 1 is 0.642 bits per heavy atom. The average molecular weight is 830 g/mol. The van der Waals surface area contributed by atoms with Crippen molar-refractivity contribution < 1.29 is 85.4 Å². The van der Waals surface area contributed by atoms with Crippen molar-refractivity contribution in [1.82, 2.24) is 39.0 Å². The van der Waals surface area contributed by atoms with Gasteiger partial charge in [-0.1, -0.05) is 0 Å². The van der Waals surface area contributed by atoms with E-state index in [1.165, 1.54) is 0 Å². The molecule has 28 nitrogen and oxygen atoms in total. The zero-order valence-corrected chi connectivity index (χ0v) is 29.7. The number of phosphoric ester groups is 2. The first-order valence-electron chi connectivity index (χ1n) is 14.5. The molecule has 6 rings (SSSR count). The number of aliphatic hydroxyl groups excluding tert-OH is 4. The summed E-state index contributed by atoms with van der Waals surface area (Å²) in [5.41, 5.74) is 11.8. The highest BCUT2D eigenvalue weighted by molar-refractivity contribution is 7.75. The highest BCUT2D eigenvalue weighted by atomic mass is 31.3. The minimum atomic E-state index is -6.10. The van der Waals surface area contributed by atoms with E-state index in [1.807, 2.05) is 0 Å². The second kappa shape index (κ2) is 14.6. The fourth-order valence-electron chi connectivity index (χ4n) is 5.25. The minimum absolute atomic E-state index is 0.0245. The third kappa shape index (κ3) is 8.50. The van der Waals surface area contributed by atoms with Crippen molar-refractivity contribution >= 4 is 64.8 Å². The van der Waals surface area contributed by atoms with Gasteiger partial charge in [0.2, 0.25) is 0 Å². The van der Waals surface area contributed by atoms with Crippen LogP contribution < -0.4 is 31.0 Å². The summed E-state index contributed by atoms with van der Waals surface area (Å²) in [6.07, 6.45) is -8.85. The maximum atomic E-state index is 12.3. The minimum Gasteiger partial charge on any atom is -0.778 e. The van der Waals surface area contributed by atoms with Crippen LogP contribution in [0.3, 0.4) is 0 Å². The van der Waals surface area contributed by atoms with Gasteiger partial charge >= 0.3 is 0 Å². The van der Waals surface area contributed by atoms with Gasteiger partial charge < -0.3 is 79.1 Å². The summed E-state index contributed by atoms with van der Waals surface area (Å²) >= 11 is 0. The first-order valence-corrected chi connectivity index (χ1v) is 20.9. The molecule has 0 aromatic carbocycles. The van der Waals surface area contributed by atoms with Crippen LogP contribution in [0.15, 0.2) is 25.3 Å². The van der Waals surface area contributed by atoms with Crippen LogP contribution in [-0.4, -0.2) is 115 Å². The maximum Gasteiger partial charge on any atom is 0.272 e. The lowest BCUT2D eigenvalue weighted by Gasteiger charge is -2.37. The molecular formula is C21H26N10O18P4-4. The predicted octanol–water partition coefficient (Wildman–Crippen LogP) is -4.86. The quantitative estimate of drug-likeness (QED) is 0.0649. The van der Waals surface area contributed by atoms with Crippen LogP contribution in [0.25, 0.3) is 22.3 Å². The number of ether oxygens (including phenoxy) is 2. The summed E-state index contributed by atoms with van der Waals surface area (Å²) in [5.74, 6) is -2.40. The number of aromatic nitrogens is 8. The van der Waals surface area contributed by atoms with E-state index in [0.717, 1.165) is 34.4 Å². The number of aliphatic hydroxyl groups is 4. The van der Waals surface area contributed by atoms with E-state index in [0.29, 0.717) is 0 Å². The molecule has 0 aliphatic carbocycles. The third-order valence-electron chi connectivity index (χ3n) is 7.59. The molecule has 32 heteroatoms.